The number of ketones is 1. The van der Waals surface area contributed by atoms with E-state index < -0.39 is 0 Å². The van der Waals surface area contributed by atoms with Crippen molar-refractivity contribution < 1.29 is 9.53 Å². The van der Waals surface area contributed by atoms with Crippen molar-refractivity contribution in [1.29, 1.82) is 0 Å². The maximum atomic E-state index is 12.4. The van der Waals surface area contributed by atoms with E-state index in [-0.39, 0.29) is 5.78 Å². The normalized spacial score (nSPS) is 11.0. The van der Waals surface area contributed by atoms with Gasteiger partial charge in [-0.25, -0.2) is 4.68 Å². The molecule has 0 amide bonds. The Bertz CT molecular complexity index is 907. The number of aromatic nitrogens is 3. The fraction of sp³-hybridized carbons (Fsp3) is 0.150. The number of allylic oxidation sites excluding steroid dienone is 1. The van der Waals surface area contributed by atoms with E-state index in [1.165, 1.54) is 11.6 Å². The first-order valence-corrected chi connectivity index (χ1v) is 7.94. The van der Waals surface area contributed by atoms with Crippen molar-refractivity contribution in [3.05, 3.63) is 77.1 Å². The van der Waals surface area contributed by atoms with Gasteiger partial charge in [0.1, 0.15) is 5.75 Å². The monoisotopic (exact) mass is 333 g/mol. The minimum Gasteiger partial charge on any atom is -0.497 e. The Labute approximate surface area is 146 Å². The first kappa shape index (κ1) is 16.6. The standard InChI is InChI=1S/C20H19N3O2/c1-14-4-9-17(10-5-14)23-15(2)20(21-22-23)19(24)13-8-16-6-11-18(25-3)12-7-16/h4-13H,1-3H3/b13-8+. The molecule has 0 aliphatic rings. The summed E-state index contributed by atoms with van der Waals surface area (Å²) in [5.41, 5.74) is 4.03. The minimum atomic E-state index is -0.174. The minimum absolute atomic E-state index is 0.174. The fourth-order valence-electron chi connectivity index (χ4n) is 2.45. The third-order valence-corrected chi connectivity index (χ3v) is 3.95. The zero-order valence-corrected chi connectivity index (χ0v) is 14.4. The third kappa shape index (κ3) is 3.66. The van der Waals surface area contributed by atoms with Crippen LogP contribution in [0.2, 0.25) is 0 Å². The molecule has 25 heavy (non-hydrogen) atoms. The highest BCUT2D eigenvalue weighted by Crippen LogP contribution is 2.15. The molecule has 0 N–H and O–H groups in total. The predicted octanol–water partition coefficient (Wildman–Crippen LogP) is 3.79. The number of methoxy groups -OCH3 is 1. The number of carbonyl (C=O) groups is 1. The second-order valence-electron chi connectivity index (χ2n) is 5.74. The van der Waals surface area contributed by atoms with Crippen molar-refractivity contribution in [2.75, 3.05) is 7.11 Å². The van der Waals surface area contributed by atoms with Crippen LogP contribution in [0.5, 0.6) is 5.75 Å². The lowest BCUT2D eigenvalue weighted by atomic mass is 10.1. The number of hydrogen-bond acceptors (Lipinski definition) is 4. The van der Waals surface area contributed by atoms with Gasteiger partial charge >= 0.3 is 0 Å². The maximum absolute atomic E-state index is 12.4. The molecule has 0 saturated carbocycles. The molecule has 0 unspecified atom stereocenters. The van der Waals surface area contributed by atoms with Crippen LogP contribution in [0.3, 0.4) is 0 Å². The van der Waals surface area contributed by atoms with Crippen LogP contribution in [0.15, 0.2) is 54.6 Å². The Hall–Kier alpha value is -3.21. The Kier molecular flexibility index (Phi) is 4.75. The smallest absolute Gasteiger partial charge is 0.208 e. The van der Waals surface area contributed by atoms with E-state index >= 15 is 0 Å². The highest BCUT2D eigenvalue weighted by atomic mass is 16.5. The molecule has 0 radical (unpaired) electrons. The number of ether oxygens (including phenoxy) is 1. The summed E-state index contributed by atoms with van der Waals surface area (Å²) in [6.45, 7) is 3.87. The predicted molar refractivity (Wildman–Crippen MR) is 97.2 cm³/mol. The molecule has 1 heterocycles. The molecule has 0 atom stereocenters. The van der Waals surface area contributed by atoms with Crippen LogP contribution in [0.25, 0.3) is 11.8 Å². The largest absolute Gasteiger partial charge is 0.497 e. The summed E-state index contributed by atoms with van der Waals surface area (Å²) in [5.74, 6) is 0.604. The van der Waals surface area contributed by atoms with Gasteiger partial charge in [0.2, 0.25) is 5.78 Å². The van der Waals surface area contributed by atoms with Gasteiger partial charge in [-0.15, -0.1) is 5.10 Å². The molecule has 1 aromatic heterocycles. The van der Waals surface area contributed by atoms with E-state index in [1.54, 1.807) is 17.9 Å². The highest BCUT2D eigenvalue weighted by Gasteiger charge is 2.15. The summed E-state index contributed by atoms with van der Waals surface area (Å²) in [6.07, 6.45) is 3.27. The summed E-state index contributed by atoms with van der Waals surface area (Å²) in [7, 11) is 1.62. The molecule has 2 aromatic carbocycles. The number of nitrogens with zero attached hydrogens (tertiary/aromatic N) is 3. The maximum Gasteiger partial charge on any atom is 0.208 e. The van der Waals surface area contributed by atoms with Gasteiger partial charge in [0.15, 0.2) is 5.69 Å². The van der Waals surface area contributed by atoms with Crippen molar-refractivity contribution in [2.45, 2.75) is 13.8 Å². The van der Waals surface area contributed by atoms with Crippen LogP contribution < -0.4 is 4.74 Å². The van der Waals surface area contributed by atoms with E-state index in [1.807, 2.05) is 62.4 Å². The van der Waals surface area contributed by atoms with Gasteiger partial charge in [0, 0.05) is 0 Å². The Morgan fingerprint density at radius 3 is 2.36 bits per heavy atom. The van der Waals surface area contributed by atoms with Gasteiger partial charge in [-0.1, -0.05) is 41.1 Å². The van der Waals surface area contributed by atoms with Crippen molar-refractivity contribution in [1.82, 2.24) is 15.0 Å². The summed E-state index contributed by atoms with van der Waals surface area (Å²) >= 11 is 0. The Morgan fingerprint density at radius 1 is 1.04 bits per heavy atom. The first-order valence-electron chi connectivity index (χ1n) is 7.94. The molecule has 0 bridgehead atoms. The molecule has 3 aromatic rings. The zero-order chi connectivity index (χ0) is 17.8. The van der Waals surface area contributed by atoms with Crippen LogP contribution >= 0.6 is 0 Å². The van der Waals surface area contributed by atoms with Crippen molar-refractivity contribution in [2.24, 2.45) is 0 Å². The summed E-state index contributed by atoms with van der Waals surface area (Å²) < 4.78 is 6.79. The lowest BCUT2D eigenvalue weighted by Gasteiger charge is -2.03. The third-order valence-electron chi connectivity index (χ3n) is 3.95. The molecule has 0 aliphatic heterocycles. The number of carbonyl (C=O) groups excluding carboxylic acids is 1. The van der Waals surface area contributed by atoms with E-state index in [9.17, 15) is 4.79 Å². The first-order chi connectivity index (χ1) is 12.1. The van der Waals surface area contributed by atoms with E-state index in [2.05, 4.69) is 10.3 Å². The topological polar surface area (TPSA) is 57.0 Å². The van der Waals surface area contributed by atoms with Crippen LogP contribution in [0.1, 0.15) is 27.3 Å². The molecule has 126 valence electrons. The summed E-state index contributed by atoms with van der Waals surface area (Å²) in [4.78, 5) is 12.4. The van der Waals surface area contributed by atoms with Gasteiger partial charge in [-0.3, -0.25) is 4.79 Å². The molecular formula is C20H19N3O2. The molecule has 5 heteroatoms. The van der Waals surface area contributed by atoms with E-state index in [4.69, 9.17) is 4.74 Å². The van der Waals surface area contributed by atoms with Crippen molar-refractivity contribution in [3.63, 3.8) is 0 Å². The summed E-state index contributed by atoms with van der Waals surface area (Å²) in [6, 6.07) is 15.4. The average molecular weight is 333 g/mol. The molecule has 0 aliphatic carbocycles. The van der Waals surface area contributed by atoms with E-state index in [0.717, 1.165) is 17.0 Å². The van der Waals surface area contributed by atoms with Gasteiger partial charge in [0.25, 0.3) is 0 Å². The molecule has 0 spiro atoms. The lowest BCUT2D eigenvalue weighted by Crippen LogP contribution is -2.01. The zero-order valence-electron chi connectivity index (χ0n) is 14.4. The van der Waals surface area contributed by atoms with Gasteiger partial charge in [0.05, 0.1) is 18.5 Å². The molecular weight excluding hydrogens is 314 g/mol. The Balaban J connectivity index is 1.80. The van der Waals surface area contributed by atoms with Gasteiger partial charge in [-0.05, 0) is 49.8 Å². The second-order valence-corrected chi connectivity index (χ2v) is 5.74. The highest BCUT2D eigenvalue weighted by molar-refractivity contribution is 6.06. The lowest BCUT2D eigenvalue weighted by molar-refractivity contribution is 0.104. The van der Waals surface area contributed by atoms with Gasteiger partial charge < -0.3 is 4.74 Å². The van der Waals surface area contributed by atoms with Crippen LogP contribution in [-0.4, -0.2) is 27.9 Å². The Morgan fingerprint density at radius 2 is 1.72 bits per heavy atom. The van der Waals surface area contributed by atoms with Crippen LogP contribution in [-0.2, 0) is 0 Å². The molecule has 3 rings (SSSR count). The van der Waals surface area contributed by atoms with Gasteiger partial charge in [-0.2, -0.15) is 0 Å². The second kappa shape index (κ2) is 7.13. The number of rotatable bonds is 5. The molecule has 0 saturated heterocycles. The van der Waals surface area contributed by atoms with E-state index in [0.29, 0.717) is 11.4 Å². The molecule has 5 nitrogen and oxygen atoms in total. The van der Waals surface area contributed by atoms with Crippen LogP contribution in [0.4, 0.5) is 0 Å². The van der Waals surface area contributed by atoms with Crippen molar-refractivity contribution >= 4 is 11.9 Å². The van der Waals surface area contributed by atoms with Crippen molar-refractivity contribution in [3.8, 4) is 11.4 Å². The fourth-order valence-corrected chi connectivity index (χ4v) is 2.45. The number of hydrogen-bond donors (Lipinski definition) is 0. The number of aryl methyl sites for hydroxylation is 1. The SMILES string of the molecule is COc1ccc(/C=C/C(=O)c2nnn(-c3ccc(C)cc3)c2C)cc1. The average Bonchev–Trinajstić information content (AvgIpc) is 3.02. The van der Waals surface area contributed by atoms with Crippen LogP contribution in [0, 0.1) is 13.8 Å². The molecule has 0 fully saturated rings. The summed E-state index contributed by atoms with van der Waals surface area (Å²) in [5, 5.41) is 8.16. The quantitative estimate of drug-likeness (QED) is 0.526. The number of benzene rings is 2.